The number of hydrogen-bond acceptors (Lipinski definition) is 5. The van der Waals surface area contributed by atoms with Crippen LogP contribution in [0.3, 0.4) is 0 Å². The minimum atomic E-state index is -0.703. The number of amides is 2. The average molecular weight is 263 g/mol. The third kappa shape index (κ3) is 2.82. The van der Waals surface area contributed by atoms with Crippen LogP contribution in [0.15, 0.2) is 23.2 Å². The van der Waals surface area contributed by atoms with E-state index in [9.17, 15) is 9.59 Å². The van der Waals surface area contributed by atoms with Crippen LogP contribution in [0, 0.1) is 0 Å². The Morgan fingerprint density at radius 3 is 2.26 bits per heavy atom. The zero-order chi connectivity index (χ0) is 13.8. The van der Waals surface area contributed by atoms with E-state index >= 15 is 0 Å². The van der Waals surface area contributed by atoms with Gasteiger partial charge in [0.1, 0.15) is 0 Å². The van der Waals surface area contributed by atoms with E-state index in [1.54, 1.807) is 26.4 Å². The molecule has 0 bridgehead atoms. The molecule has 1 fully saturated rings. The number of methoxy groups -OCH3 is 2. The monoisotopic (exact) mass is 263 g/mol. The van der Waals surface area contributed by atoms with Crippen molar-refractivity contribution in [2.75, 3.05) is 14.2 Å². The average Bonchev–Trinajstić information content (AvgIpc) is 2.75. The lowest BCUT2D eigenvalue weighted by molar-refractivity contribution is -0.135. The van der Waals surface area contributed by atoms with Gasteiger partial charge in [0.2, 0.25) is 5.96 Å². The van der Waals surface area contributed by atoms with E-state index in [1.807, 2.05) is 6.07 Å². The van der Waals surface area contributed by atoms with Crippen LogP contribution in [-0.2, 0) is 16.1 Å². The summed E-state index contributed by atoms with van der Waals surface area (Å²) in [6, 6.07) is 5.37. The number of aliphatic imine (C=N–C) groups is 1. The van der Waals surface area contributed by atoms with Gasteiger partial charge < -0.3 is 9.47 Å². The van der Waals surface area contributed by atoms with Crippen LogP contribution < -0.4 is 20.1 Å². The van der Waals surface area contributed by atoms with Gasteiger partial charge in [-0.3, -0.25) is 20.2 Å². The van der Waals surface area contributed by atoms with Crippen LogP contribution in [-0.4, -0.2) is 32.0 Å². The number of carbonyl (C=O) groups excluding carboxylic acids is 2. The van der Waals surface area contributed by atoms with Gasteiger partial charge >= 0.3 is 11.8 Å². The molecule has 0 aliphatic carbocycles. The highest BCUT2D eigenvalue weighted by Crippen LogP contribution is 2.27. The molecule has 2 rings (SSSR count). The zero-order valence-electron chi connectivity index (χ0n) is 10.5. The minimum absolute atomic E-state index is 0.157. The highest BCUT2D eigenvalue weighted by molar-refractivity contribution is 6.45. The number of hydrogen-bond donors (Lipinski definition) is 2. The van der Waals surface area contributed by atoms with Gasteiger partial charge in [-0.05, 0) is 17.7 Å². The Morgan fingerprint density at radius 2 is 1.68 bits per heavy atom. The lowest BCUT2D eigenvalue weighted by Crippen LogP contribution is -2.25. The van der Waals surface area contributed by atoms with Gasteiger partial charge in [-0.1, -0.05) is 6.07 Å². The normalized spacial score (nSPS) is 13.9. The van der Waals surface area contributed by atoms with Gasteiger partial charge in [0.05, 0.1) is 20.8 Å². The van der Waals surface area contributed by atoms with Crippen molar-refractivity contribution in [3.05, 3.63) is 23.8 Å². The largest absolute Gasteiger partial charge is 0.493 e. The summed E-state index contributed by atoms with van der Waals surface area (Å²) in [5, 5.41) is 4.64. The maximum atomic E-state index is 10.9. The second-order valence-electron chi connectivity index (χ2n) is 3.76. The molecule has 7 nitrogen and oxygen atoms in total. The number of benzene rings is 1. The molecular weight excluding hydrogens is 250 g/mol. The Labute approximate surface area is 109 Å². The Balaban J connectivity index is 2.10. The van der Waals surface area contributed by atoms with Gasteiger partial charge in [0.25, 0.3) is 0 Å². The first-order chi connectivity index (χ1) is 9.13. The lowest BCUT2D eigenvalue weighted by Gasteiger charge is -2.08. The van der Waals surface area contributed by atoms with Crippen molar-refractivity contribution in [1.82, 2.24) is 10.6 Å². The summed E-state index contributed by atoms with van der Waals surface area (Å²) in [7, 11) is 3.10. The maximum Gasteiger partial charge on any atom is 0.316 e. The number of guanidine groups is 1. The first-order valence-corrected chi connectivity index (χ1v) is 5.51. The fourth-order valence-electron chi connectivity index (χ4n) is 1.59. The Bertz CT molecular complexity index is 536. The molecule has 1 heterocycles. The van der Waals surface area contributed by atoms with Crippen molar-refractivity contribution in [2.24, 2.45) is 4.99 Å². The SMILES string of the molecule is COc1ccc(CN=C2NC(=O)C(=O)N2)cc1OC. The summed E-state index contributed by atoms with van der Waals surface area (Å²) < 4.78 is 10.3. The van der Waals surface area contributed by atoms with E-state index in [4.69, 9.17) is 9.47 Å². The summed E-state index contributed by atoms with van der Waals surface area (Å²) in [4.78, 5) is 26.0. The van der Waals surface area contributed by atoms with Gasteiger partial charge in [-0.25, -0.2) is 4.99 Å². The molecule has 1 aromatic carbocycles. The highest BCUT2D eigenvalue weighted by atomic mass is 16.5. The predicted molar refractivity (Wildman–Crippen MR) is 67.0 cm³/mol. The molecule has 0 atom stereocenters. The number of nitrogens with one attached hydrogen (secondary N) is 2. The van der Waals surface area contributed by atoms with Gasteiger partial charge in [0, 0.05) is 0 Å². The summed E-state index contributed by atoms with van der Waals surface area (Å²) in [6.07, 6.45) is 0. The van der Waals surface area contributed by atoms with Crippen molar-refractivity contribution in [3.63, 3.8) is 0 Å². The molecule has 0 spiro atoms. The van der Waals surface area contributed by atoms with Crippen LogP contribution in [0.25, 0.3) is 0 Å². The standard InChI is InChI=1S/C12H13N3O4/c1-18-8-4-3-7(5-9(8)19-2)6-13-12-14-10(16)11(17)15-12/h3-5H,6H2,1-2H3,(H2,13,14,15,16,17). The third-order valence-electron chi connectivity index (χ3n) is 2.54. The summed E-state index contributed by atoms with van der Waals surface area (Å²) in [6.45, 7) is 0.302. The highest BCUT2D eigenvalue weighted by Gasteiger charge is 2.24. The second kappa shape index (κ2) is 5.38. The third-order valence-corrected chi connectivity index (χ3v) is 2.54. The maximum absolute atomic E-state index is 10.9. The molecule has 1 saturated heterocycles. The van der Waals surface area contributed by atoms with Crippen molar-refractivity contribution in [3.8, 4) is 11.5 Å². The molecule has 0 radical (unpaired) electrons. The van der Waals surface area contributed by atoms with Gasteiger partial charge in [-0.2, -0.15) is 0 Å². The van der Waals surface area contributed by atoms with E-state index < -0.39 is 11.8 Å². The minimum Gasteiger partial charge on any atom is -0.493 e. The topological polar surface area (TPSA) is 89.0 Å². The zero-order valence-corrected chi connectivity index (χ0v) is 10.5. The molecule has 19 heavy (non-hydrogen) atoms. The smallest absolute Gasteiger partial charge is 0.316 e. The number of ether oxygens (including phenoxy) is 2. The lowest BCUT2D eigenvalue weighted by atomic mass is 10.2. The van der Waals surface area contributed by atoms with E-state index in [0.29, 0.717) is 18.0 Å². The molecule has 1 aliphatic heterocycles. The van der Waals surface area contributed by atoms with E-state index in [0.717, 1.165) is 5.56 Å². The molecule has 2 amide bonds. The summed E-state index contributed by atoms with van der Waals surface area (Å²) >= 11 is 0. The van der Waals surface area contributed by atoms with Crippen molar-refractivity contribution in [1.29, 1.82) is 0 Å². The van der Waals surface area contributed by atoms with E-state index in [-0.39, 0.29) is 5.96 Å². The molecule has 1 aliphatic rings. The van der Waals surface area contributed by atoms with Crippen LogP contribution in [0.5, 0.6) is 11.5 Å². The molecule has 0 unspecified atom stereocenters. The van der Waals surface area contributed by atoms with Crippen LogP contribution in [0.4, 0.5) is 0 Å². The summed E-state index contributed by atoms with van der Waals surface area (Å²) in [5.41, 5.74) is 0.862. The molecule has 0 saturated carbocycles. The van der Waals surface area contributed by atoms with Crippen molar-refractivity contribution >= 4 is 17.8 Å². The fraction of sp³-hybridized carbons (Fsp3) is 0.250. The Morgan fingerprint density at radius 1 is 1.05 bits per heavy atom. The molecular formula is C12H13N3O4. The second-order valence-corrected chi connectivity index (χ2v) is 3.76. The van der Waals surface area contributed by atoms with Crippen LogP contribution >= 0.6 is 0 Å². The number of carbonyl (C=O) groups is 2. The van der Waals surface area contributed by atoms with Crippen LogP contribution in [0.2, 0.25) is 0 Å². The predicted octanol–water partition coefficient (Wildman–Crippen LogP) is -0.194. The fourth-order valence-corrected chi connectivity index (χ4v) is 1.59. The van der Waals surface area contributed by atoms with Crippen molar-refractivity contribution < 1.29 is 19.1 Å². The molecule has 2 N–H and O–H groups in total. The first kappa shape index (κ1) is 12.9. The van der Waals surface area contributed by atoms with E-state index in [2.05, 4.69) is 15.6 Å². The van der Waals surface area contributed by atoms with Gasteiger partial charge in [-0.15, -0.1) is 0 Å². The molecule has 1 aromatic rings. The van der Waals surface area contributed by atoms with Crippen LogP contribution in [0.1, 0.15) is 5.56 Å². The Hall–Kier alpha value is -2.57. The molecule has 100 valence electrons. The summed E-state index contributed by atoms with van der Waals surface area (Å²) in [5.74, 6) is -0.0250. The van der Waals surface area contributed by atoms with Gasteiger partial charge in [0.15, 0.2) is 11.5 Å². The quantitative estimate of drug-likeness (QED) is 0.737. The number of rotatable bonds is 4. The van der Waals surface area contributed by atoms with Crippen molar-refractivity contribution in [2.45, 2.75) is 6.54 Å². The molecule has 7 heteroatoms. The number of nitrogens with zero attached hydrogens (tertiary/aromatic N) is 1. The first-order valence-electron chi connectivity index (χ1n) is 5.51. The Kier molecular flexibility index (Phi) is 3.65. The molecule has 0 aromatic heterocycles. The van der Waals surface area contributed by atoms with E-state index in [1.165, 1.54) is 0 Å².